The molecule has 5 aliphatic rings. The Morgan fingerprint density at radius 1 is 1.04 bits per heavy atom. The quantitative estimate of drug-likeness (QED) is 0.485. The lowest BCUT2D eigenvalue weighted by atomic mass is 9.63. The van der Waals surface area contributed by atoms with E-state index in [2.05, 4.69) is 22.2 Å². The number of hydrogen-bond donors (Lipinski definition) is 1. The summed E-state index contributed by atoms with van der Waals surface area (Å²) in [5, 5.41) is 2.68. The van der Waals surface area contributed by atoms with E-state index >= 15 is 0 Å². The summed E-state index contributed by atoms with van der Waals surface area (Å²) >= 11 is 0. The molecule has 1 aliphatic heterocycles. The van der Waals surface area contributed by atoms with Crippen molar-refractivity contribution in [1.82, 2.24) is 4.90 Å². The minimum atomic E-state index is -0.463. The fourth-order valence-electron chi connectivity index (χ4n) is 5.33. The van der Waals surface area contributed by atoms with E-state index in [1.807, 2.05) is 0 Å². The minimum Gasteiger partial charge on any atom is -0.465 e. The minimum absolute atomic E-state index is 0.148. The smallest absolute Gasteiger partial charge is 0.337 e. The highest BCUT2D eigenvalue weighted by molar-refractivity contribution is 6.09. The topological polar surface area (TPSA) is 92.8 Å². The lowest BCUT2D eigenvalue weighted by molar-refractivity contribution is -0.142. The molecular weight excluding hydrogens is 360 g/mol. The number of benzene rings is 1. The number of imide groups is 1. The number of methoxy groups -OCH3 is 1. The molecule has 1 heterocycles. The van der Waals surface area contributed by atoms with Gasteiger partial charge in [-0.25, -0.2) is 4.79 Å². The van der Waals surface area contributed by atoms with Crippen LogP contribution in [0.3, 0.4) is 0 Å². The molecule has 0 unspecified atom stereocenters. The second-order valence-electron chi connectivity index (χ2n) is 8.03. The van der Waals surface area contributed by atoms with Crippen LogP contribution < -0.4 is 5.32 Å². The van der Waals surface area contributed by atoms with Crippen molar-refractivity contribution < 1.29 is 23.9 Å². The summed E-state index contributed by atoms with van der Waals surface area (Å²) < 4.78 is 4.64. The van der Waals surface area contributed by atoms with Gasteiger partial charge in [-0.3, -0.25) is 19.3 Å². The Labute approximate surface area is 161 Å². The molecule has 2 bridgehead atoms. The second kappa shape index (κ2) is 6.02. The van der Waals surface area contributed by atoms with Crippen molar-refractivity contribution in [3.8, 4) is 0 Å². The number of amides is 3. The third-order valence-electron chi connectivity index (χ3n) is 6.65. The molecule has 0 radical (unpaired) electrons. The summed E-state index contributed by atoms with van der Waals surface area (Å²) in [4.78, 5) is 50.8. The number of esters is 1. The van der Waals surface area contributed by atoms with E-state index in [0.29, 0.717) is 23.1 Å². The number of nitrogens with one attached hydrogen (secondary N) is 1. The molecule has 4 aliphatic carbocycles. The zero-order valence-corrected chi connectivity index (χ0v) is 15.3. The van der Waals surface area contributed by atoms with Crippen molar-refractivity contribution in [2.24, 2.45) is 35.5 Å². The van der Waals surface area contributed by atoms with E-state index in [1.54, 1.807) is 12.1 Å². The van der Waals surface area contributed by atoms with Gasteiger partial charge >= 0.3 is 5.97 Å². The Kier molecular flexibility index (Phi) is 3.69. The SMILES string of the molecule is COC(=O)c1ccc(NC(=O)CN2C(=O)[C@@H]3[C@H]4C=C[C@H]([C@H]5C[C@H]45)[C@@H]3C2=O)cc1. The molecule has 1 saturated heterocycles. The molecule has 7 heteroatoms. The zero-order chi connectivity index (χ0) is 19.6. The van der Waals surface area contributed by atoms with E-state index in [0.717, 1.165) is 11.3 Å². The van der Waals surface area contributed by atoms with Gasteiger partial charge in [0.1, 0.15) is 6.54 Å². The summed E-state index contributed by atoms with van der Waals surface area (Å²) in [5.74, 6) is -0.536. The lowest BCUT2D eigenvalue weighted by Gasteiger charge is -2.37. The maximum atomic E-state index is 12.9. The van der Waals surface area contributed by atoms with E-state index in [4.69, 9.17) is 0 Å². The average molecular weight is 380 g/mol. The molecule has 0 aromatic heterocycles. The Hall–Kier alpha value is -2.96. The van der Waals surface area contributed by atoms with Crippen LogP contribution in [0.4, 0.5) is 5.69 Å². The van der Waals surface area contributed by atoms with Crippen LogP contribution in [0.25, 0.3) is 0 Å². The molecule has 3 fully saturated rings. The first kappa shape index (κ1) is 17.2. The molecule has 1 aromatic rings. The highest BCUT2D eigenvalue weighted by Gasteiger charge is 2.67. The van der Waals surface area contributed by atoms with Crippen LogP contribution in [-0.4, -0.2) is 42.2 Å². The Morgan fingerprint density at radius 3 is 2.14 bits per heavy atom. The van der Waals surface area contributed by atoms with Gasteiger partial charge in [0.2, 0.25) is 17.7 Å². The van der Waals surface area contributed by atoms with Gasteiger partial charge in [0.05, 0.1) is 24.5 Å². The summed E-state index contributed by atoms with van der Waals surface area (Å²) in [6.07, 6.45) is 5.33. The maximum absolute atomic E-state index is 12.9. The Morgan fingerprint density at radius 2 is 1.61 bits per heavy atom. The number of hydrogen-bond acceptors (Lipinski definition) is 5. The van der Waals surface area contributed by atoms with Crippen LogP contribution in [0.15, 0.2) is 36.4 Å². The highest BCUT2D eigenvalue weighted by atomic mass is 16.5. The monoisotopic (exact) mass is 380 g/mol. The number of anilines is 1. The maximum Gasteiger partial charge on any atom is 0.337 e. The fourth-order valence-corrected chi connectivity index (χ4v) is 5.33. The van der Waals surface area contributed by atoms with Crippen molar-refractivity contribution in [3.63, 3.8) is 0 Å². The average Bonchev–Trinajstić information content (AvgIpc) is 3.49. The predicted molar refractivity (Wildman–Crippen MR) is 97.8 cm³/mol. The summed E-state index contributed by atoms with van der Waals surface area (Å²) in [6, 6.07) is 6.24. The van der Waals surface area contributed by atoms with Gasteiger partial charge in [-0.15, -0.1) is 0 Å². The third-order valence-corrected chi connectivity index (χ3v) is 6.65. The molecule has 7 nitrogen and oxygen atoms in total. The standard InChI is InChI=1S/C21H20N2O5/c1-28-21(27)10-2-4-11(5-3-10)22-16(24)9-23-19(25)17-12-6-7-13(15-8-14(12)15)18(17)20(23)26/h2-7,12-15,17-18H,8-9H2,1H3,(H,22,24)/t12-,13+,14-,15-,17+,18-/m1/s1. The first-order valence-electron chi connectivity index (χ1n) is 9.51. The van der Waals surface area contributed by atoms with Crippen molar-refractivity contribution in [2.75, 3.05) is 19.0 Å². The van der Waals surface area contributed by atoms with Crippen LogP contribution in [0.1, 0.15) is 16.8 Å². The van der Waals surface area contributed by atoms with Crippen LogP contribution in [-0.2, 0) is 19.1 Å². The summed E-state index contributed by atoms with van der Waals surface area (Å²) in [5.41, 5.74) is 0.855. The molecule has 3 amide bonds. The number of ether oxygens (including phenoxy) is 1. The predicted octanol–water partition coefficient (Wildman–Crippen LogP) is 1.46. The number of carbonyl (C=O) groups is 4. The zero-order valence-electron chi connectivity index (χ0n) is 15.3. The van der Waals surface area contributed by atoms with E-state index in [1.165, 1.54) is 19.2 Å². The van der Waals surface area contributed by atoms with Crippen LogP contribution >= 0.6 is 0 Å². The Balaban J connectivity index is 1.27. The molecule has 6 atom stereocenters. The van der Waals surface area contributed by atoms with Crippen LogP contribution in [0.2, 0.25) is 0 Å². The first-order valence-corrected chi connectivity index (χ1v) is 9.51. The van der Waals surface area contributed by atoms with Crippen molar-refractivity contribution in [3.05, 3.63) is 42.0 Å². The van der Waals surface area contributed by atoms with Gasteiger partial charge in [0.25, 0.3) is 0 Å². The van der Waals surface area contributed by atoms with Gasteiger partial charge in [0.15, 0.2) is 0 Å². The molecule has 2 saturated carbocycles. The fraction of sp³-hybridized carbons (Fsp3) is 0.429. The normalized spacial score (nSPS) is 34.1. The van der Waals surface area contributed by atoms with Gasteiger partial charge in [0, 0.05) is 5.69 Å². The van der Waals surface area contributed by atoms with Gasteiger partial charge in [-0.2, -0.15) is 0 Å². The largest absolute Gasteiger partial charge is 0.465 e. The third kappa shape index (κ3) is 2.42. The van der Waals surface area contributed by atoms with E-state index < -0.39 is 11.9 Å². The van der Waals surface area contributed by atoms with Crippen molar-refractivity contribution >= 4 is 29.4 Å². The van der Waals surface area contributed by atoms with E-state index in [-0.39, 0.29) is 42.0 Å². The van der Waals surface area contributed by atoms with Gasteiger partial charge < -0.3 is 10.1 Å². The number of rotatable bonds is 4. The molecule has 6 rings (SSSR count). The van der Waals surface area contributed by atoms with Gasteiger partial charge in [-0.05, 0) is 54.4 Å². The summed E-state index contributed by atoms with van der Waals surface area (Å²) in [7, 11) is 1.30. The molecule has 28 heavy (non-hydrogen) atoms. The van der Waals surface area contributed by atoms with Crippen molar-refractivity contribution in [2.45, 2.75) is 6.42 Å². The molecule has 144 valence electrons. The van der Waals surface area contributed by atoms with Crippen LogP contribution in [0, 0.1) is 35.5 Å². The second-order valence-corrected chi connectivity index (χ2v) is 8.03. The van der Waals surface area contributed by atoms with Crippen LogP contribution in [0.5, 0.6) is 0 Å². The number of likely N-dealkylation sites (tertiary alicyclic amines) is 1. The number of carbonyl (C=O) groups excluding carboxylic acids is 4. The van der Waals surface area contributed by atoms with E-state index in [9.17, 15) is 19.2 Å². The molecule has 0 spiro atoms. The molecule has 1 aromatic carbocycles. The number of allylic oxidation sites excluding steroid dienone is 2. The lowest BCUT2D eigenvalue weighted by Crippen LogP contribution is -2.40. The highest BCUT2D eigenvalue weighted by Crippen LogP contribution is 2.65. The summed E-state index contributed by atoms with van der Waals surface area (Å²) in [6.45, 7) is -0.280. The number of nitrogens with zero attached hydrogens (tertiary/aromatic N) is 1. The van der Waals surface area contributed by atoms with Crippen molar-refractivity contribution in [1.29, 1.82) is 0 Å². The first-order chi connectivity index (χ1) is 13.5. The Bertz CT molecular complexity index is 885. The molecule has 1 N–H and O–H groups in total. The molecular formula is C21H20N2O5. The van der Waals surface area contributed by atoms with Gasteiger partial charge in [-0.1, -0.05) is 12.2 Å².